The predicted octanol–water partition coefficient (Wildman–Crippen LogP) is 1.19. The second-order valence-electron chi connectivity index (χ2n) is 3.67. The molecule has 17 heavy (non-hydrogen) atoms. The van der Waals surface area contributed by atoms with Crippen molar-refractivity contribution >= 4 is 17.7 Å². The number of rotatable bonds is 3. The Labute approximate surface area is 103 Å². The Hall–Kier alpha value is -1.40. The normalized spacial score (nSPS) is 23.6. The summed E-state index contributed by atoms with van der Waals surface area (Å²) in [5, 5.41) is 21.6. The molecular formula is C11H13NO4S. The molecule has 5 nitrogen and oxygen atoms in total. The Morgan fingerprint density at radius 1 is 1.59 bits per heavy atom. The van der Waals surface area contributed by atoms with Crippen LogP contribution in [0.3, 0.4) is 0 Å². The zero-order chi connectivity index (χ0) is 12.4. The number of hydrogen-bond donors (Lipinski definition) is 3. The number of hydrogen-bond acceptors (Lipinski definition) is 5. The average molecular weight is 255 g/mol. The van der Waals surface area contributed by atoms with Crippen LogP contribution in [0.5, 0.6) is 11.5 Å². The fourth-order valence-electron chi connectivity index (χ4n) is 1.71. The van der Waals surface area contributed by atoms with E-state index in [-0.39, 0.29) is 11.1 Å². The van der Waals surface area contributed by atoms with Crippen LogP contribution in [-0.4, -0.2) is 35.1 Å². The van der Waals surface area contributed by atoms with Gasteiger partial charge in [0, 0.05) is 11.3 Å². The van der Waals surface area contributed by atoms with Crippen molar-refractivity contribution in [1.82, 2.24) is 5.32 Å². The summed E-state index contributed by atoms with van der Waals surface area (Å²) in [5.74, 6) is 0.0634. The van der Waals surface area contributed by atoms with Gasteiger partial charge < -0.3 is 14.9 Å². The van der Waals surface area contributed by atoms with E-state index in [1.165, 1.54) is 18.9 Å². The molecule has 0 bridgehead atoms. The van der Waals surface area contributed by atoms with Crippen LogP contribution in [0, 0.1) is 0 Å². The zero-order valence-corrected chi connectivity index (χ0v) is 10.0. The number of phenols is 1. The summed E-state index contributed by atoms with van der Waals surface area (Å²) in [7, 11) is 1.48. The number of phenolic OH excluding ortho intramolecular Hbond substituents is 1. The molecule has 3 N–H and O–H groups in total. The van der Waals surface area contributed by atoms with Crippen LogP contribution in [0.25, 0.3) is 0 Å². The van der Waals surface area contributed by atoms with Crippen LogP contribution in [0.15, 0.2) is 18.2 Å². The van der Waals surface area contributed by atoms with Crippen LogP contribution in [0.4, 0.5) is 0 Å². The smallest absolute Gasteiger partial charge is 0.321 e. The van der Waals surface area contributed by atoms with Crippen LogP contribution in [0.1, 0.15) is 10.9 Å². The van der Waals surface area contributed by atoms with Gasteiger partial charge >= 0.3 is 5.97 Å². The maximum Gasteiger partial charge on any atom is 0.321 e. The highest BCUT2D eigenvalue weighted by atomic mass is 32.2. The highest BCUT2D eigenvalue weighted by Gasteiger charge is 2.32. The van der Waals surface area contributed by atoms with E-state index < -0.39 is 12.0 Å². The predicted molar refractivity (Wildman–Crippen MR) is 64.4 cm³/mol. The minimum atomic E-state index is -0.873. The van der Waals surface area contributed by atoms with Gasteiger partial charge in [0.2, 0.25) is 0 Å². The van der Waals surface area contributed by atoms with E-state index in [1.54, 1.807) is 18.2 Å². The van der Waals surface area contributed by atoms with E-state index in [2.05, 4.69) is 5.32 Å². The fourth-order valence-corrected chi connectivity index (χ4v) is 2.96. The summed E-state index contributed by atoms with van der Waals surface area (Å²) < 4.78 is 5.02. The van der Waals surface area contributed by atoms with Crippen molar-refractivity contribution in [3.05, 3.63) is 23.8 Å². The lowest BCUT2D eigenvalue weighted by Gasteiger charge is -2.14. The molecule has 0 aliphatic carbocycles. The van der Waals surface area contributed by atoms with Crippen LogP contribution < -0.4 is 10.1 Å². The molecule has 1 heterocycles. The summed E-state index contributed by atoms with van der Waals surface area (Å²) in [6.45, 7) is 0. The fraction of sp³-hybridized carbons (Fsp3) is 0.364. The van der Waals surface area contributed by atoms with Crippen molar-refractivity contribution in [2.75, 3.05) is 12.9 Å². The van der Waals surface area contributed by atoms with Crippen LogP contribution >= 0.6 is 11.8 Å². The summed E-state index contributed by atoms with van der Waals surface area (Å²) in [4.78, 5) is 10.8. The van der Waals surface area contributed by atoms with Gasteiger partial charge in [-0.2, -0.15) is 0 Å². The van der Waals surface area contributed by atoms with Crippen LogP contribution in [0.2, 0.25) is 0 Å². The molecule has 92 valence electrons. The number of thioether (sulfide) groups is 1. The zero-order valence-electron chi connectivity index (χ0n) is 9.21. The summed E-state index contributed by atoms with van der Waals surface area (Å²) in [6, 6.07) is 4.61. The van der Waals surface area contributed by atoms with Gasteiger partial charge in [0.1, 0.15) is 6.04 Å². The third-order valence-electron chi connectivity index (χ3n) is 2.61. The number of nitrogens with one attached hydrogen (secondary N) is 1. The highest BCUT2D eigenvalue weighted by molar-refractivity contribution is 7.99. The third kappa shape index (κ3) is 2.32. The average Bonchev–Trinajstić information content (AvgIpc) is 2.78. The molecule has 6 heteroatoms. The Bertz CT molecular complexity index is 437. The Kier molecular flexibility index (Phi) is 3.44. The first-order valence-corrected chi connectivity index (χ1v) is 6.14. The molecule has 0 aromatic heterocycles. The largest absolute Gasteiger partial charge is 0.504 e. The summed E-state index contributed by atoms with van der Waals surface area (Å²) in [6.07, 6.45) is 0. The molecule has 1 aliphatic rings. The van der Waals surface area contributed by atoms with Gasteiger partial charge in [-0.3, -0.25) is 10.1 Å². The number of ether oxygens (including phenoxy) is 1. The topological polar surface area (TPSA) is 78.8 Å². The van der Waals surface area contributed by atoms with Gasteiger partial charge in [-0.15, -0.1) is 11.8 Å². The molecule has 1 fully saturated rings. The monoisotopic (exact) mass is 255 g/mol. The molecule has 1 aromatic carbocycles. The van der Waals surface area contributed by atoms with E-state index in [9.17, 15) is 9.90 Å². The molecule has 0 unspecified atom stereocenters. The SMILES string of the molecule is COc1cccc([C@@H]2N[C@H](C(=O)O)CS2)c1O. The molecular weight excluding hydrogens is 242 g/mol. The van der Waals surface area contributed by atoms with Gasteiger partial charge in [-0.05, 0) is 6.07 Å². The van der Waals surface area contributed by atoms with Crippen LogP contribution in [-0.2, 0) is 4.79 Å². The van der Waals surface area contributed by atoms with E-state index in [0.717, 1.165) is 0 Å². The summed E-state index contributed by atoms with van der Waals surface area (Å²) in [5.41, 5.74) is 0.651. The number of benzene rings is 1. The Balaban J connectivity index is 2.22. The minimum absolute atomic E-state index is 0.0611. The van der Waals surface area contributed by atoms with E-state index in [0.29, 0.717) is 17.1 Å². The lowest BCUT2D eigenvalue weighted by Crippen LogP contribution is -2.33. The number of carboxylic acid groups (broad SMARTS) is 1. The molecule has 0 spiro atoms. The van der Waals surface area contributed by atoms with E-state index >= 15 is 0 Å². The van der Waals surface area contributed by atoms with Crippen molar-refractivity contribution in [2.45, 2.75) is 11.4 Å². The van der Waals surface area contributed by atoms with Gasteiger partial charge in [0.15, 0.2) is 11.5 Å². The maximum atomic E-state index is 10.8. The first kappa shape index (κ1) is 12.1. The number of para-hydroxylation sites is 1. The second kappa shape index (κ2) is 4.85. The van der Waals surface area contributed by atoms with Crippen molar-refractivity contribution in [3.8, 4) is 11.5 Å². The second-order valence-corrected chi connectivity index (χ2v) is 4.81. The maximum absolute atomic E-state index is 10.8. The Morgan fingerprint density at radius 3 is 2.94 bits per heavy atom. The standard InChI is InChI=1S/C11H13NO4S/c1-16-8-4-2-3-6(9(8)13)10-12-7(5-17-10)11(14)15/h2-4,7,10,12-13H,5H2,1H3,(H,14,15)/t7-,10+/m0/s1. The van der Waals surface area contributed by atoms with Crippen molar-refractivity contribution in [2.24, 2.45) is 0 Å². The molecule has 2 rings (SSSR count). The molecule has 1 aromatic rings. The van der Waals surface area contributed by atoms with Crippen molar-refractivity contribution in [3.63, 3.8) is 0 Å². The molecule has 0 radical (unpaired) electrons. The van der Waals surface area contributed by atoms with Gasteiger partial charge in [-0.1, -0.05) is 12.1 Å². The lowest BCUT2D eigenvalue weighted by molar-refractivity contribution is -0.138. The highest BCUT2D eigenvalue weighted by Crippen LogP contribution is 2.41. The molecule has 1 aliphatic heterocycles. The van der Waals surface area contributed by atoms with Gasteiger partial charge in [0.05, 0.1) is 12.5 Å². The number of methoxy groups -OCH3 is 1. The number of aromatic hydroxyl groups is 1. The first-order valence-electron chi connectivity index (χ1n) is 5.10. The summed E-state index contributed by atoms with van der Waals surface area (Å²) >= 11 is 1.46. The molecule has 0 saturated carbocycles. The van der Waals surface area contributed by atoms with Gasteiger partial charge in [-0.25, -0.2) is 0 Å². The van der Waals surface area contributed by atoms with Crippen molar-refractivity contribution in [1.29, 1.82) is 0 Å². The third-order valence-corrected chi connectivity index (χ3v) is 3.86. The van der Waals surface area contributed by atoms with E-state index in [1.807, 2.05) is 0 Å². The molecule has 2 atom stereocenters. The number of aliphatic carboxylic acids is 1. The van der Waals surface area contributed by atoms with E-state index in [4.69, 9.17) is 9.84 Å². The lowest BCUT2D eigenvalue weighted by atomic mass is 10.1. The van der Waals surface area contributed by atoms with Crippen molar-refractivity contribution < 1.29 is 19.7 Å². The minimum Gasteiger partial charge on any atom is -0.504 e. The van der Waals surface area contributed by atoms with Gasteiger partial charge in [0.25, 0.3) is 0 Å². The molecule has 1 saturated heterocycles. The quantitative estimate of drug-likeness (QED) is 0.753. The molecule has 0 amide bonds. The Morgan fingerprint density at radius 2 is 2.35 bits per heavy atom. The number of carboxylic acids is 1. The first-order chi connectivity index (χ1) is 8.13. The number of carbonyl (C=O) groups is 1.